The molecule has 0 atom stereocenters. The highest BCUT2D eigenvalue weighted by atomic mass is 79.9. The van der Waals surface area contributed by atoms with Crippen LogP contribution < -0.4 is 4.90 Å². The monoisotopic (exact) mass is 329 g/mol. The van der Waals surface area contributed by atoms with Crippen molar-refractivity contribution in [2.75, 3.05) is 23.3 Å². The van der Waals surface area contributed by atoms with E-state index in [0.29, 0.717) is 17.7 Å². The topological polar surface area (TPSA) is 29.0 Å². The molecule has 0 amide bonds. The molecule has 19 heavy (non-hydrogen) atoms. The number of hydrogen-bond acceptors (Lipinski definition) is 3. The van der Waals surface area contributed by atoms with Gasteiger partial charge in [-0.1, -0.05) is 40.2 Å². The summed E-state index contributed by atoms with van der Waals surface area (Å²) in [6.07, 6.45) is -2.40. The summed E-state index contributed by atoms with van der Waals surface area (Å²) in [5.41, 5.74) is 0.801. The normalized spacial score (nSPS) is 11.2. The van der Waals surface area contributed by atoms with Crippen LogP contribution >= 0.6 is 15.9 Å². The lowest BCUT2D eigenvalue weighted by atomic mass is 10.1. The Kier molecular flexibility index (Phi) is 4.63. The summed E-state index contributed by atoms with van der Waals surface area (Å²) in [5.74, 6) is 0.515. The third-order valence-corrected chi connectivity index (χ3v) is 3.22. The van der Waals surface area contributed by atoms with E-state index in [0.717, 1.165) is 16.5 Å². The number of fused-ring (bicyclic) bond motifs is 1. The number of rotatable bonds is 5. The Bertz CT molecular complexity index is 563. The van der Waals surface area contributed by atoms with Gasteiger partial charge in [-0.25, -0.2) is 8.78 Å². The first-order valence-corrected chi connectivity index (χ1v) is 7.06. The molecule has 0 aliphatic carbocycles. The van der Waals surface area contributed by atoms with Crippen molar-refractivity contribution in [1.29, 1.82) is 0 Å². The third kappa shape index (κ3) is 3.18. The van der Waals surface area contributed by atoms with E-state index >= 15 is 0 Å². The molecule has 0 saturated carbocycles. The summed E-state index contributed by atoms with van der Waals surface area (Å²) < 4.78 is 25.3. The molecule has 0 saturated heterocycles. The predicted molar refractivity (Wildman–Crippen MR) is 76.3 cm³/mol. The molecular weight excluding hydrogens is 316 g/mol. The van der Waals surface area contributed by atoms with Crippen LogP contribution in [0.2, 0.25) is 0 Å². The van der Waals surface area contributed by atoms with Crippen LogP contribution in [0.15, 0.2) is 24.3 Å². The van der Waals surface area contributed by atoms with Gasteiger partial charge in [0.1, 0.15) is 0 Å². The van der Waals surface area contributed by atoms with E-state index in [4.69, 9.17) is 0 Å². The lowest BCUT2D eigenvalue weighted by Crippen LogP contribution is -2.31. The van der Waals surface area contributed by atoms with Crippen LogP contribution in [0, 0.1) is 6.92 Å². The van der Waals surface area contributed by atoms with E-state index in [2.05, 4.69) is 26.1 Å². The Morgan fingerprint density at radius 3 is 2.53 bits per heavy atom. The fourth-order valence-corrected chi connectivity index (χ4v) is 2.44. The maximum Gasteiger partial charge on any atom is 0.255 e. The molecule has 2 aromatic rings. The maximum atomic E-state index is 12.7. The Morgan fingerprint density at radius 2 is 1.89 bits per heavy atom. The molecule has 102 valence electrons. The summed E-state index contributed by atoms with van der Waals surface area (Å²) in [6, 6.07) is 7.60. The quantitative estimate of drug-likeness (QED) is 0.787. The van der Waals surface area contributed by atoms with Crippen molar-refractivity contribution in [3.8, 4) is 0 Å². The molecule has 2 rings (SSSR count). The van der Waals surface area contributed by atoms with Crippen molar-refractivity contribution >= 4 is 32.5 Å². The third-order valence-electron chi connectivity index (χ3n) is 2.86. The smallest absolute Gasteiger partial charge is 0.255 e. The average Bonchev–Trinajstić information content (AvgIpc) is 2.39. The molecule has 0 aliphatic rings. The molecule has 0 spiro atoms. The van der Waals surface area contributed by atoms with Gasteiger partial charge in [0.05, 0.1) is 12.2 Å². The minimum Gasteiger partial charge on any atom is -0.348 e. The van der Waals surface area contributed by atoms with E-state index in [-0.39, 0.29) is 6.54 Å². The maximum absolute atomic E-state index is 12.7. The Labute approximate surface area is 118 Å². The van der Waals surface area contributed by atoms with Crippen molar-refractivity contribution in [1.82, 2.24) is 10.2 Å². The summed E-state index contributed by atoms with van der Waals surface area (Å²) in [6.45, 7) is 1.99. The first kappa shape index (κ1) is 14.1. The molecule has 0 bridgehead atoms. The van der Waals surface area contributed by atoms with E-state index in [1.165, 1.54) is 0 Å². The van der Waals surface area contributed by atoms with E-state index in [1.807, 2.05) is 31.2 Å². The van der Waals surface area contributed by atoms with Crippen molar-refractivity contribution in [3.63, 3.8) is 0 Å². The van der Waals surface area contributed by atoms with Crippen LogP contribution in [-0.4, -0.2) is 35.0 Å². The van der Waals surface area contributed by atoms with Gasteiger partial charge in [0.25, 0.3) is 6.43 Å². The first-order valence-electron chi connectivity index (χ1n) is 5.94. The van der Waals surface area contributed by atoms with E-state index < -0.39 is 6.43 Å². The Hall–Kier alpha value is -1.30. The summed E-state index contributed by atoms with van der Waals surface area (Å²) in [7, 11) is 0. The van der Waals surface area contributed by atoms with Gasteiger partial charge in [-0.2, -0.15) is 5.10 Å². The fraction of sp³-hybridized carbons (Fsp3) is 0.385. The van der Waals surface area contributed by atoms with Crippen LogP contribution in [0.3, 0.4) is 0 Å². The molecule has 1 heterocycles. The minimum atomic E-state index is -2.40. The number of aromatic nitrogens is 2. The van der Waals surface area contributed by atoms with Crippen LogP contribution in [0.4, 0.5) is 14.6 Å². The molecule has 0 fully saturated rings. The van der Waals surface area contributed by atoms with Gasteiger partial charge in [0.15, 0.2) is 5.82 Å². The Morgan fingerprint density at radius 1 is 1.21 bits per heavy atom. The highest BCUT2D eigenvalue weighted by molar-refractivity contribution is 9.09. The fourth-order valence-electron chi connectivity index (χ4n) is 2.01. The van der Waals surface area contributed by atoms with Gasteiger partial charge < -0.3 is 4.90 Å². The second-order valence-corrected chi connectivity index (χ2v) is 4.97. The zero-order valence-corrected chi connectivity index (χ0v) is 12.1. The average molecular weight is 330 g/mol. The highest BCUT2D eigenvalue weighted by Gasteiger charge is 2.17. The van der Waals surface area contributed by atoms with Crippen LogP contribution in [0.25, 0.3) is 10.8 Å². The second-order valence-electron chi connectivity index (χ2n) is 4.18. The standard InChI is InChI=1S/C13H14BrF2N3/c1-9-10-4-2-3-5-11(10)13(18-17-9)19(7-6-14)8-12(15)16/h2-5,12H,6-8H2,1H3. The largest absolute Gasteiger partial charge is 0.348 e. The summed E-state index contributed by atoms with van der Waals surface area (Å²) >= 11 is 3.28. The Balaban J connectivity index is 2.50. The number of halogens is 3. The lowest BCUT2D eigenvalue weighted by molar-refractivity contribution is 0.155. The van der Waals surface area contributed by atoms with Gasteiger partial charge in [0, 0.05) is 22.6 Å². The van der Waals surface area contributed by atoms with Gasteiger partial charge in [-0.15, -0.1) is 5.10 Å². The lowest BCUT2D eigenvalue weighted by Gasteiger charge is -2.23. The zero-order chi connectivity index (χ0) is 13.8. The predicted octanol–water partition coefficient (Wildman–Crippen LogP) is 3.40. The summed E-state index contributed by atoms with van der Waals surface area (Å²) in [5, 5.41) is 10.6. The molecule has 3 nitrogen and oxygen atoms in total. The molecule has 0 radical (unpaired) electrons. The number of anilines is 1. The number of nitrogens with zero attached hydrogens (tertiary/aromatic N) is 3. The van der Waals surface area contributed by atoms with Gasteiger partial charge >= 0.3 is 0 Å². The molecule has 1 aromatic heterocycles. The van der Waals surface area contributed by atoms with Gasteiger partial charge in [-0.05, 0) is 6.92 Å². The van der Waals surface area contributed by atoms with Crippen LogP contribution in [-0.2, 0) is 0 Å². The van der Waals surface area contributed by atoms with Crippen molar-refractivity contribution in [3.05, 3.63) is 30.0 Å². The zero-order valence-electron chi connectivity index (χ0n) is 10.5. The van der Waals surface area contributed by atoms with Crippen LogP contribution in [0.5, 0.6) is 0 Å². The SMILES string of the molecule is Cc1nnc(N(CCBr)CC(F)F)c2ccccc12. The van der Waals surface area contributed by atoms with Crippen LogP contribution in [0.1, 0.15) is 5.69 Å². The van der Waals surface area contributed by atoms with Crippen molar-refractivity contribution in [2.24, 2.45) is 0 Å². The molecule has 0 unspecified atom stereocenters. The van der Waals surface area contributed by atoms with Gasteiger partial charge in [-0.3, -0.25) is 0 Å². The molecule has 6 heteroatoms. The summed E-state index contributed by atoms with van der Waals surface area (Å²) in [4.78, 5) is 1.56. The molecule has 1 aromatic carbocycles. The van der Waals surface area contributed by atoms with E-state index in [9.17, 15) is 8.78 Å². The highest BCUT2D eigenvalue weighted by Crippen LogP contribution is 2.25. The molecule has 0 N–H and O–H groups in total. The number of hydrogen-bond donors (Lipinski definition) is 0. The van der Waals surface area contributed by atoms with Gasteiger partial charge in [0.2, 0.25) is 0 Å². The minimum absolute atomic E-state index is 0.340. The molecule has 0 aliphatic heterocycles. The van der Waals surface area contributed by atoms with Crippen molar-refractivity contribution < 1.29 is 8.78 Å². The number of alkyl halides is 3. The number of aryl methyl sites for hydroxylation is 1. The first-order chi connectivity index (χ1) is 9.13. The molecular formula is C13H14BrF2N3. The van der Waals surface area contributed by atoms with Crippen molar-refractivity contribution in [2.45, 2.75) is 13.3 Å². The van der Waals surface area contributed by atoms with E-state index in [1.54, 1.807) is 4.90 Å². The number of benzene rings is 1. The second kappa shape index (κ2) is 6.23.